The van der Waals surface area contributed by atoms with Crippen LogP contribution < -0.4 is 4.72 Å². The van der Waals surface area contributed by atoms with Gasteiger partial charge in [0.25, 0.3) is 0 Å². The van der Waals surface area contributed by atoms with E-state index >= 15 is 0 Å². The molecule has 17 heavy (non-hydrogen) atoms. The third kappa shape index (κ3) is 3.80. The van der Waals surface area contributed by atoms with Gasteiger partial charge in [0.15, 0.2) is 0 Å². The fourth-order valence-electron chi connectivity index (χ4n) is 1.63. The highest BCUT2D eigenvalue weighted by atomic mass is 32.2. The minimum atomic E-state index is -3.54. The predicted octanol–water partition coefficient (Wildman–Crippen LogP) is 1.35. The van der Waals surface area contributed by atoms with E-state index in [0.717, 1.165) is 11.1 Å². The third-order valence-corrected chi connectivity index (χ3v) is 4.04. The molecule has 0 aromatic heterocycles. The van der Waals surface area contributed by atoms with Crippen LogP contribution in [0.1, 0.15) is 24.5 Å². The molecule has 1 rings (SSSR count). The van der Waals surface area contributed by atoms with Crippen LogP contribution in [-0.4, -0.2) is 26.2 Å². The van der Waals surface area contributed by atoms with Gasteiger partial charge in [-0.3, -0.25) is 0 Å². The molecule has 0 bridgehead atoms. The number of aliphatic hydroxyl groups is 1. The van der Waals surface area contributed by atoms with E-state index in [0.29, 0.717) is 6.42 Å². The van der Waals surface area contributed by atoms with Crippen LogP contribution in [0.4, 0.5) is 0 Å². The Kier molecular flexibility index (Phi) is 4.68. The molecule has 0 saturated carbocycles. The summed E-state index contributed by atoms with van der Waals surface area (Å²) in [5.74, 6) is 0. The molecule has 0 amide bonds. The van der Waals surface area contributed by atoms with E-state index in [4.69, 9.17) is 5.11 Å². The van der Waals surface area contributed by atoms with Crippen molar-refractivity contribution < 1.29 is 13.5 Å². The maximum Gasteiger partial charge on any atom is 0.240 e. The van der Waals surface area contributed by atoms with Crippen molar-refractivity contribution in [2.75, 3.05) is 6.61 Å². The Morgan fingerprint density at radius 2 is 1.76 bits per heavy atom. The normalized spacial score (nSPS) is 13.6. The summed E-state index contributed by atoms with van der Waals surface area (Å²) in [7, 11) is -3.54. The van der Waals surface area contributed by atoms with Gasteiger partial charge in [-0.25, -0.2) is 13.1 Å². The monoisotopic (exact) mass is 257 g/mol. The van der Waals surface area contributed by atoms with Crippen molar-refractivity contribution in [1.29, 1.82) is 0 Å². The molecule has 0 radical (unpaired) electrons. The van der Waals surface area contributed by atoms with Gasteiger partial charge in [-0.05, 0) is 43.5 Å². The highest BCUT2D eigenvalue weighted by Gasteiger charge is 2.18. The maximum atomic E-state index is 12.0. The quantitative estimate of drug-likeness (QED) is 0.837. The number of rotatable bonds is 5. The van der Waals surface area contributed by atoms with E-state index in [1.165, 1.54) is 0 Å². The van der Waals surface area contributed by atoms with Crippen LogP contribution >= 0.6 is 0 Å². The first-order valence-electron chi connectivity index (χ1n) is 5.60. The molecule has 0 saturated heterocycles. The average molecular weight is 257 g/mol. The summed E-state index contributed by atoms with van der Waals surface area (Å²) in [6.07, 6.45) is 0.556. The molecule has 0 aliphatic heterocycles. The van der Waals surface area contributed by atoms with Crippen LogP contribution in [0.25, 0.3) is 0 Å². The van der Waals surface area contributed by atoms with Crippen LogP contribution in [-0.2, 0) is 10.0 Å². The number of benzene rings is 1. The van der Waals surface area contributed by atoms with Gasteiger partial charge in [0.1, 0.15) is 0 Å². The first-order chi connectivity index (χ1) is 7.89. The van der Waals surface area contributed by atoms with Crippen molar-refractivity contribution >= 4 is 10.0 Å². The fraction of sp³-hybridized carbons (Fsp3) is 0.500. The number of nitrogens with one attached hydrogen (secondary N) is 1. The molecule has 1 aromatic rings. The van der Waals surface area contributed by atoms with E-state index in [1.54, 1.807) is 12.1 Å². The van der Waals surface area contributed by atoms with Crippen molar-refractivity contribution in [3.63, 3.8) is 0 Å². The second-order valence-electron chi connectivity index (χ2n) is 4.23. The maximum absolute atomic E-state index is 12.0. The molecule has 1 atom stereocenters. The number of hydrogen-bond acceptors (Lipinski definition) is 3. The first-order valence-corrected chi connectivity index (χ1v) is 7.09. The third-order valence-electron chi connectivity index (χ3n) is 2.54. The van der Waals surface area contributed by atoms with Crippen molar-refractivity contribution in [3.05, 3.63) is 29.3 Å². The Morgan fingerprint density at radius 1 is 1.24 bits per heavy atom. The Labute approximate surface area is 103 Å². The standard InChI is InChI=1S/C12H19NO3S/c1-4-11(8-14)13-17(15,16)12-6-9(2)5-10(3)7-12/h5-7,11,13-14H,4,8H2,1-3H3/t11-/m0/s1. The summed E-state index contributed by atoms with van der Waals surface area (Å²) in [4.78, 5) is 0.252. The van der Waals surface area contributed by atoms with E-state index in [1.807, 2.05) is 26.8 Å². The zero-order valence-electron chi connectivity index (χ0n) is 10.4. The highest BCUT2D eigenvalue weighted by molar-refractivity contribution is 7.89. The van der Waals surface area contributed by atoms with Crippen LogP contribution in [0.2, 0.25) is 0 Å². The second kappa shape index (κ2) is 5.62. The Balaban J connectivity index is 3.04. The molecule has 0 heterocycles. The second-order valence-corrected chi connectivity index (χ2v) is 5.95. The van der Waals surface area contributed by atoms with Gasteiger partial charge in [0, 0.05) is 6.04 Å². The average Bonchev–Trinajstić information content (AvgIpc) is 2.24. The summed E-state index contributed by atoms with van der Waals surface area (Å²) < 4.78 is 26.6. The molecule has 5 heteroatoms. The molecule has 1 aromatic carbocycles. The molecular formula is C12H19NO3S. The van der Waals surface area contributed by atoms with Gasteiger partial charge in [-0.1, -0.05) is 13.0 Å². The van der Waals surface area contributed by atoms with Crippen LogP contribution in [0.5, 0.6) is 0 Å². The van der Waals surface area contributed by atoms with Gasteiger partial charge in [-0.2, -0.15) is 0 Å². The molecule has 0 fully saturated rings. The summed E-state index contributed by atoms with van der Waals surface area (Å²) in [5, 5.41) is 9.02. The zero-order chi connectivity index (χ0) is 13.1. The van der Waals surface area contributed by atoms with Gasteiger partial charge in [0.05, 0.1) is 11.5 Å². The molecule has 2 N–H and O–H groups in total. The fourth-order valence-corrected chi connectivity index (χ4v) is 3.12. The molecule has 0 aliphatic rings. The lowest BCUT2D eigenvalue weighted by Gasteiger charge is -2.15. The smallest absolute Gasteiger partial charge is 0.240 e. The van der Waals surface area contributed by atoms with Gasteiger partial charge < -0.3 is 5.11 Å². The van der Waals surface area contributed by atoms with E-state index in [2.05, 4.69) is 4.72 Å². The lowest BCUT2D eigenvalue weighted by atomic mass is 10.2. The van der Waals surface area contributed by atoms with Gasteiger partial charge >= 0.3 is 0 Å². The Morgan fingerprint density at radius 3 is 2.18 bits per heavy atom. The summed E-state index contributed by atoms with van der Waals surface area (Å²) in [6.45, 7) is 5.34. The largest absolute Gasteiger partial charge is 0.395 e. The van der Waals surface area contributed by atoms with Crippen molar-refractivity contribution in [2.24, 2.45) is 0 Å². The lowest BCUT2D eigenvalue weighted by Crippen LogP contribution is -2.36. The highest BCUT2D eigenvalue weighted by Crippen LogP contribution is 2.14. The molecule has 96 valence electrons. The molecule has 0 aliphatic carbocycles. The summed E-state index contributed by atoms with van der Waals surface area (Å²) >= 11 is 0. The van der Waals surface area contributed by atoms with E-state index in [9.17, 15) is 8.42 Å². The molecule has 0 spiro atoms. The number of aliphatic hydroxyl groups excluding tert-OH is 1. The topological polar surface area (TPSA) is 66.4 Å². The lowest BCUT2D eigenvalue weighted by molar-refractivity contribution is 0.254. The number of hydrogen-bond donors (Lipinski definition) is 2. The van der Waals surface area contributed by atoms with E-state index < -0.39 is 16.1 Å². The SMILES string of the molecule is CC[C@@H](CO)NS(=O)(=O)c1cc(C)cc(C)c1. The van der Waals surface area contributed by atoms with Gasteiger partial charge in [-0.15, -0.1) is 0 Å². The number of sulfonamides is 1. The summed E-state index contributed by atoms with van der Waals surface area (Å²) in [5.41, 5.74) is 1.81. The van der Waals surface area contributed by atoms with Crippen molar-refractivity contribution in [1.82, 2.24) is 4.72 Å². The minimum Gasteiger partial charge on any atom is -0.395 e. The first kappa shape index (κ1) is 14.2. The van der Waals surface area contributed by atoms with Crippen molar-refractivity contribution in [3.8, 4) is 0 Å². The molecule has 4 nitrogen and oxygen atoms in total. The Bertz CT molecular complexity index is 458. The van der Waals surface area contributed by atoms with Crippen molar-refractivity contribution in [2.45, 2.75) is 38.1 Å². The van der Waals surface area contributed by atoms with Crippen LogP contribution in [0.15, 0.2) is 23.1 Å². The zero-order valence-corrected chi connectivity index (χ0v) is 11.2. The van der Waals surface area contributed by atoms with Gasteiger partial charge in [0.2, 0.25) is 10.0 Å². The predicted molar refractivity (Wildman–Crippen MR) is 67.4 cm³/mol. The van der Waals surface area contributed by atoms with Crippen LogP contribution in [0.3, 0.4) is 0 Å². The molecular weight excluding hydrogens is 238 g/mol. The Hall–Kier alpha value is -0.910. The number of aryl methyl sites for hydroxylation is 2. The molecule has 0 unspecified atom stereocenters. The minimum absolute atomic E-state index is 0.194. The summed E-state index contributed by atoms with van der Waals surface area (Å²) in [6, 6.07) is 4.74. The van der Waals surface area contributed by atoms with E-state index in [-0.39, 0.29) is 11.5 Å². The van der Waals surface area contributed by atoms with Crippen LogP contribution in [0, 0.1) is 13.8 Å².